The fourth-order valence-corrected chi connectivity index (χ4v) is 1.72. The van der Waals surface area contributed by atoms with Gasteiger partial charge in [0.1, 0.15) is 23.0 Å². The number of hydrogen-bond acceptors (Lipinski definition) is 3. The second-order valence-corrected chi connectivity index (χ2v) is 4.28. The van der Waals surface area contributed by atoms with Crippen molar-refractivity contribution >= 4 is 11.7 Å². The van der Waals surface area contributed by atoms with Crippen LogP contribution in [0.15, 0.2) is 18.2 Å². The predicted octanol–water partition coefficient (Wildman–Crippen LogP) is 2.35. The molecule has 2 N–H and O–H groups in total. The van der Waals surface area contributed by atoms with Gasteiger partial charge in [-0.25, -0.2) is 27.0 Å². The zero-order chi connectivity index (χ0) is 16.3. The van der Waals surface area contributed by atoms with E-state index in [0.29, 0.717) is 6.07 Å². The molecule has 0 bridgehead atoms. The number of anilines is 1. The van der Waals surface area contributed by atoms with Crippen LogP contribution >= 0.6 is 0 Å². The second kappa shape index (κ2) is 6.41. The highest BCUT2D eigenvalue weighted by molar-refractivity contribution is 5.89. The quantitative estimate of drug-likeness (QED) is 0.850. The van der Waals surface area contributed by atoms with Crippen molar-refractivity contribution in [1.29, 1.82) is 0 Å². The van der Waals surface area contributed by atoms with Crippen molar-refractivity contribution in [3.63, 3.8) is 0 Å². The average Bonchev–Trinajstić information content (AvgIpc) is 2.81. The molecule has 0 fully saturated rings. The first-order valence-corrected chi connectivity index (χ1v) is 6.05. The second-order valence-electron chi connectivity index (χ2n) is 4.28. The molecule has 0 radical (unpaired) electrons. The third-order valence-electron chi connectivity index (χ3n) is 2.75. The Bertz CT molecular complexity index is 688. The number of aromatic nitrogens is 3. The molecule has 118 valence electrons. The smallest absolute Gasteiger partial charge is 0.319 e. The number of carbonyl (C=O) groups excluding carboxylic acids is 1. The van der Waals surface area contributed by atoms with E-state index in [0.717, 1.165) is 16.8 Å². The highest BCUT2D eigenvalue weighted by Crippen LogP contribution is 2.20. The molecule has 0 atom stereocenters. The van der Waals surface area contributed by atoms with Crippen LogP contribution < -0.4 is 10.6 Å². The zero-order valence-electron chi connectivity index (χ0n) is 11.3. The molecule has 10 heteroatoms. The molecule has 1 aromatic carbocycles. The monoisotopic (exact) mass is 317 g/mol. The Kier molecular flexibility index (Phi) is 4.59. The lowest BCUT2D eigenvalue weighted by molar-refractivity contribution is 0.139. The third kappa shape index (κ3) is 3.51. The summed E-state index contributed by atoms with van der Waals surface area (Å²) < 4.78 is 52.5. The van der Waals surface area contributed by atoms with Crippen LogP contribution in [-0.2, 0) is 13.6 Å². The lowest BCUT2D eigenvalue weighted by atomic mass is 10.3. The van der Waals surface area contributed by atoms with Gasteiger partial charge in [0.2, 0.25) is 0 Å². The highest BCUT2D eigenvalue weighted by Gasteiger charge is 2.20. The molecule has 2 aromatic rings. The van der Waals surface area contributed by atoms with Gasteiger partial charge in [0, 0.05) is 13.1 Å². The van der Waals surface area contributed by atoms with E-state index in [2.05, 4.69) is 20.9 Å². The SMILES string of the molecule is Cn1nnc(CNC(=O)Nc2ccc(F)cc2F)c1C(F)F. The summed E-state index contributed by atoms with van der Waals surface area (Å²) in [5.41, 5.74) is -0.771. The van der Waals surface area contributed by atoms with Crippen LogP contribution in [0.2, 0.25) is 0 Å². The van der Waals surface area contributed by atoms with Crippen molar-refractivity contribution in [2.24, 2.45) is 7.05 Å². The van der Waals surface area contributed by atoms with Crippen LogP contribution in [0.3, 0.4) is 0 Å². The summed E-state index contributed by atoms with van der Waals surface area (Å²) in [7, 11) is 1.30. The maximum Gasteiger partial charge on any atom is 0.319 e. The van der Waals surface area contributed by atoms with E-state index in [1.807, 2.05) is 0 Å². The van der Waals surface area contributed by atoms with Gasteiger partial charge in [-0.3, -0.25) is 0 Å². The van der Waals surface area contributed by atoms with Gasteiger partial charge in [0.05, 0.1) is 12.2 Å². The summed E-state index contributed by atoms with van der Waals surface area (Å²) >= 11 is 0. The van der Waals surface area contributed by atoms with E-state index in [1.165, 1.54) is 7.05 Å². The number of nitrogens with one attached hydrogen (secondary N) is 2. The van der Waals surface area contributed by atoms with E-state index in [-0.39, 0.29) is 17.9 Å². The molecule has 2 amide bonds. The topological polar surface area (TPSA) is 71.8 Å². The number of hydrogen-bond donors (Lipinski definition) is 2. The first-order chi connectivity index (χ1) is 10.4. The number of aryl methyl sites for hydroxylation is 1. The van der Waals surface area contributed by atoms with Crippen LogP contribution in [0.4, 0.5) is 28.0 Å². The van der Waals surface area contributed by atoms with Crippen molar-refractivity contribution in [3.05, 3.63) is 41.2 Å². The molecule has 0 aliphatic carbocycles. The molecular formula is C12H11F4N5O. The zero-order valence-corrected chi connectivity index (χ0v) is 11.3. The van der Waals surface area contributed by atoms with E-state index in [1.54, 1.807) is 0 Å². The number of carbonyl (C=O) groups is 1. The van der Waals surface area contributed by atoms with Gasteiger partial charge in [0.15, 0.2) is 0 Å². The Labute approximate surface area is 122 Å². The van der Waals surface area contributed by atoms with Gasteiger partial charge in [-0.1, -0.05) is 5.21 Å². The third-order valence-corrected chi connectivity index (χ3v) is 2.75. The van der Waals surface area contributed by atoms with Crippen LogP contribution in [0.25, 0.3) is 0 Å². The van der Waals surface area contributed by atoms with Crippen LogP contribution in [0, 0.1) is 11.6 Å². The molecule has 0 aliphatic heterocycles. The summed E-state index contributed by atoms with van der Waals surface area (Å²) in [5, 5.41) is 11.3. The Morgan fingerprint density at radius 2 is 2.09 bits per heavy atom. The van der Waals surface area contributed by atoms with Gasteiger partial charge in [0.25, 0.3) is 6.43 Å². The van der Waals surface area contributed by atoms with Gasteiger partial charge in [-0.05, 0) is 12.1 Å². The normalized spacial score (nSPS) is 10.8. The lowest BCUT2D eigenvalue weighted by Gasteiger charge is -2.08. The molecule has 0 spiro atoms. The van der Waals surface area contributed by atoms with Crippen LogP contribution in [0.5, 0.6) is 0 Å². The standard InChI is InChI=1S/C12H11F4N5O/c1-21-10(11(15)16)9(19-20-21)5-17-12(22)18-8-3-2-6(13)4-7(8)14/h2-4,11H,5H2,1H3,(H2,17,18,22). The number of rotatable bonds is 4. The number of alkyl halides is 2. The average molecular weight is 317 g/mol. The van der Waals surface area contributed by atoms with Crippen molar-refractivity contribution in [3.8, 4) is 0 Å². The molecule has 0 saturated carbocycles. The van der Waals surface area contributed by atoms with E-state index in [9.17, 15) is 22.4 Å². The Hall–Kier alpha value is -2.65. The molecule has 6 nitrogen and oxygen atoms in total. The largest absolute Gasteiger partial charge is 0.332 e. The molecule has 22 heavy (non-hydrogen) atoms. The fourth-order valence-electron chi connectivity index (χ4n) is 1.72. The van der Waals surface area contributed by atoms with Crippen molar-refractivity contribution in [2.45, 2.75) is 13.0 Å². The van der Waals surface area contributed by atoms with Crippen molar-refractivity contribution in [1.82, 2.24) is 20.3 Å². The Morgan fingerprint density at radius 3 is 2.73 bits per heavy atom. The van der Waals surface area contributed by atoms with Gasteiger partial charge in [-0.2, -0.15) is 0 Å². The van der Waals surface area contributed by atoms with Crippen LogP contribution in [0.1, 0.15) is 17.8 Å². The number of benzene rings is 1. The minimum atomic E-state index is -2.80. The molecule has 0 aliphatic rings. The van der Waals surface area contributed by atoms with Crippen molar-refractivity contribution in [2.75, 3.05) is 5.32 Å². The molecule has 1 heterocycles. The first kappa shape index (κ1) is 15.7. The Balaban J connectivity index is 1.99. The van der Waals surface area contributed by atoms with Crippen molar-refractivity contribution < 1.29 is 22.4 Å². The number of halogens is 4. The molecule has 0 unspecified atom stereocenters. The van der Waals surface area contributed by atoms with Gasteiger partial charge >= 0.3 is 6.03 Å². The predicted molar refractivity (Wildman–Crippen MR) is 68.2 cm³/mol. The first-order valence-electron chi connectivity index (χ1n) is 6.05. The highest BCUT2D eigenvalue weighted by atomic mass is 19.3. The molecule has 1 aromatic heterocycles. The molecule has 0 saturated heterocycles. The Morgan fingerprint density at radius 1 is 1.36 bits per heavy atom. The maximum atomic E-state index is 13.3. The summed E-state index contributed by atoms with van der Waals surface area (Å²) in [6.07, 6.45) is -2.80. The summed E-state index contributed by atoms with van der Waals surface area (Å²) in [4.78, 5) is 11.6. The molecular weight excluding hydrogens is 306 g/mol. The van der Waals surface area contributed by atoms with E-state index < -0.39 is 29.8 Å². The number of nitrogens with zero attached hydrogens (tertiary/aromatic N) is 3. The minimum absolute atomic E-state index is 0.104. The summed E-state index contributed by atoms with van der Waals surface area (Å²) in [5.74, 6) is -1.74. The summed E-state index contributed by atoms with van der Waals surface area (Å²) in [6.45, 7) is -0.317. The summed E-state index contributed by atoms with van der Waals surface area (Å²) in [6, 6.07) is 1.76. The lowest BCUT2D eigenvalue weighted by Crippen LogP contribution is -2.29. The number of amides is 2. The minimum Gasteiger partial charge on any atom is -0.332 e. The van der Waals surface area contributed by atoms with E-state index >= 15 is 0 Å². The molecule has 2 rings (SSSR count). The van der Waals surface area contributed by atoms with Gasteiger partial charge in [-0.15, -0.1) is 5.10 Å². The van der Waals surface area contributed by atoms with Gasteiger partial charge < -0.3 is 10.6 Å². The maximum absolute atomic E-state index is 13.3. The van der Waals surface area contributed by atoms with E-state index in [4.69, 9.17) is 0 Å². The fraction of sp³-hybridized carbons (Fsp3) is 0.250. The van der Waals surface area contributed by atoms with Crippen LogP contribution in [-0.4, -0.2) is 21.0 Å². The number of urea groups is 1.